The molecular formula is C17H11BrN2O3. The molecule has 5 nitrogen and oxygen atoms in total. The van der Waals surface area contributed by atoms with E-state index in [1.54, 1.807) is 6.08 Å². The number of rotatable bonds is 2. The van der Waals surface area contributed by atoms with Gasteiger partial charge in [-0.05, 0) is 23.8 Å². The van der Waals surface area contributed by atoms with Crippen LogP contribution in [0.5, 0.6) is 11.5 Å². The number of aliphatic imine (C=N–C) groups is 1. The smallest absolute Gasteiger partial charge is 0.275 e. The number of fused-ring (bicyclic) bond motifs is 1. The molecule has 23 heavy (non-hydrogen) atoms. The summed E-state index contributed by atoms with van der Waals surface area (Å²) < 4.78 is 11.5. The first-order valence-corrected chi connectivity index (χ1v) is 7.76. The quantitative estimate of drug-likeness (QED) is 0.826. The normalized spacial score (nSPS) is 17.3. The Morgan fingerprint density at radius 2 is 1.87 bits per heavy atom. The molecule has 1 N–H and O–H groups in total. The molecule has 0 fully saturated rings. The number of nitrogens with one attached hydrogen (secondary N) is 1. The molecule has 4 rings (SSSR count). The summed E-state index contributed by atoms with van der Waals surface area (Å²) in [6.45, 7) is 0.207. The summed E-state index contributed by atoms with van der Waals surface area (Å²) in [7, 11) is 0. The lowest BCUT2D eigenvalue weighted by atomic mass is 10.1. The van der Waals surface area contributed by atoms with Crippen molar-refractivity contribution in [2.45, 2.75) is 0 Å². The van der Waals surface area contributed by atoms with Crippen molar-refractivity contribution >= 4 is 33.7 Å². The second kappa shape index (κ2) is 5.55. The largest absolute Gasteiger partial charge is 0.454 e. The van der Waals surface area contributed by atoms with Crippen molar-refractivity contribution in [2.24, 2.45) is 4.99 Å². The molecule has 1 amide bonds. The van der Waals surface area contributed by atoms with Gasteiger partial charge in [-0.25, -0.2) is 4.99 Å². The number of carbonyl (C=O) groups excluding carboxylic acids is 1. The second-order valence-electron chi connectivity index (χ2n) is 5.04. The number of ether oxygens (including phenoxy) is 2. The van der Waals surface area contributed by atoms with E-state index >= 15 is 0 Å². The first-order chi connectivity index (χ1) is 11.2. The molecule has 0 aliphatic carbocycles. The van der Waals surface area contributed by atoms with Crippen LogP contribution in [0.2, 0.25) is 0 Å². The molecule has 2 aromatic rings. The Labute approximate surface area is 140 Å². The molecular weight excluding hydrogens is 360 g/mol. The topological polar surface area (TPSA) is 59.9 Å². The lowest BCUT2D eigenvalue weighted by Crippen LogP contribution is -2.24. The highest BCUT2D eigenvalue weighted by Gasteiger charge is 2.22. The molecule has 0 radical (unpaired) electrons. The maximum absolute atomic E-state index is 12.1. The fraction of sp³-hybridized carbons (Fsp3) is 0.0588. The molecule has 2 aliphatic rings. The van der Waals surface area contributed by atoms with Crippen molar-refractivity contribution in [3.8, 4) is 11.5 Å². The molecule has 0 aromatic heterocycles. The standard InChI is InChI=1S/C17H11BrN2O3/c18-12-8-15-14(22-9-23-15)7-11(12)6-13-17(21)20-16(19-13)10-4-2-1-3-5-10/h1-8H,9H2,(H,19,20,21). The summed E-state index contributed by atoms with van der Waals surface area (Å²) in [6.07, 6.45) is 1.72. The lowest BCUT2D eigenvalue weighted by molar-refractivity contribution is -0.115. The third kappa shape index (κ3) is 2.61. The Morgan fingerprint density at radius 1 is 1.13 bits per heavy atom. The van der Waals surface area contributed by atoms with Crippen LogP contribution in [-0.2, 0) is 4.79 Å². The van der Waals surface area contributed by atoms with Crippen molar-refractivity contribution in [3.63, 3.8) is 0 Å². The predicted octanol–water partition coefficient (Wildman–Crippen LogP) is 3.10. The van der Waals surface area contributed by atoms with Gasteiger partial charge in [-0.1, -0.05) is 46.3 Å². The van der Waals surface area contributed by atoms with E-state index in [1.165, 1.54) is 0 Å². The molecule has 0 saturated heterocycles. The average molecular weight is 371 g/mol. The Kier molecular flexibility index (Phi) is 3.38. The highest BCUT2D eigenvalue weighted by atomic mass is 79.9. The zero-order valence-electron chi connectivity index (χ0n) is 11.9. The summed E-state index contributed by atoms with van der Waals surface area (Å²) in [6, 6.07) is 13.2. The summed E-state index contributed by atoms with van der Waals surface area (Å²) in [5, 5.41) is 2.78. The summed E-state index contributed by atoms with van der Waals surface area (Å²) in [4.78, 5) is 16.5. The van der Waals surface area contributed by atoms with E-state index < -0.39 is 0 Å². The zero-order valence-corrected chi connectivity index (χ0v) is 13.5. The number of nitrogens with zero attached hydrogens (tertiary/aromatic N) is 1. The molecule has 0 unspecified atom stereocenters. The van der Waals surface area contributed by atoms with Gasteiger partial charge in [-0.15, -0.1) is 0 Å². The van der Waals surface area contributed by atoms with Crippen LogP contribution in [0.25, 0.3) is 6.08 Å². The molecule has 6 heteroatoms. The Morgan fingerprint density at radius 3 is 2.65 bits per heavy atom. The second-order valence-corrected chi connectivity index (χ2v) is 5.89. The van der Waals surface area contributed by atoms with Crippen molar-refractivity contribution < 1.29 is 14.3 Å². The summed E-state index contributed by atoms with van der Waals surface area (Å²) in [5.41, 5.74) is 2.02. The molecule has 0 atom stereocenters. The van der Waals surface area contributed by atoms with Crippen molar-refractivity contribution in [1.29, 1.82) is 0 Å². The Hall–Kier alpha value is -2.60. The Bertz CT molecular complexity index is 860. The maximum Gasteiger partial charge on any atom is 0.275 e. The van der Waals surface area contributed by atoms with Crippen molar-refractivity contribution in [1.82, 2.24) is 5.32 Å². The number of halogens is 1. The minimum Gasteiger partial charge on any atom is -0.454 e. The van der Waals surface area contributed by atoms with Crippen LogP contribution in [0.15, 0.2) is 57.6 Å². The number of carbonyl (C=O) groups is 1. The fourth-order valence-electron chi connectivity index (χ4n) is 2.39. The van der Waals surface area contributed by atoms with Crippen LogP contribution in [0.1, 0.15) is 11.1 Å². The van der Waals surface area contributed by atoms with E-state index in [2.05, 4.69) is 26.2 Å². The number of amidine groups is 1. The van der Waals surface area contributed by atoms with Crippen LogP contribution >= 0.6 is 15.9 Å². The number of amides is 1. The molecule has 2 heterocycles. The Balaban J connectivity index is 1.71. The first-order valence-electron chi connectivity index (χ1n) is 6.97. The van der Waals surface area contributed by atoms with Gasteiger partial charge in [0.2, 0.25) is 6.79 Å². The fourth-order valence-corrected chi connectivity index (χ4v) is 2.83. The average Bonchev–Trinajstić information content (AvgIpc) is 3.15. The number of benzene rings is 2. The van der Waals surface area contributed by atoms with Crippen LogP contribution in [0.3, 0.4) is 0 Å². The minimum atomic E-state index is -0.228. The van der Waals surface area contributed by atoms with Gasteiger partial charge in [-0.2, -0.15) is 0 Å². The zero-order chi connectivity index (χ0) is 15.8. The first kappa shape index (κ1) is 14.0. The molecule has 2 aromatic carbocycles. The summed E-state index contributed by atoms with van der Waals surface area (Å²) >= 11 is 3.48. The van der Waals surface area contributed by atoms with E-state index in [4.69, 9.17) is 9.47 Å². The van der Waals surface area contributed by atoms with E-state index in [9.17, 15) is 4.79 Å². The highest BCUT2D eigenvalue weighted by Crippen LogP contribution is 2.37. The van der Waals surface area contributed by atoms with Crippen molar-refractivity contribution in [3.05, 3.63) is 63.8 Å². The van der Waals surface area contributed by atoms with Crippen molar-refractivity contribution in [2.75, 3.05) is 6.79 Å². The molecule has 2 aliphatic heterocycles. The van der Waals surface area contributed by atoms with Gasteiger partial charge >= 0.3 is 0 Å². The summed E-state index contributed by atoms with van der Waals surface area (Å²) in [5.74, 6) is 1.67. The molecule has 114 valence electrons. The highest BCUT2D eigenvalue weighted by molar-refractivity contribution is 9.10. The lowest BCUT2D eigenvalue weighted by Gasteiger charge is -2.02. The van der Waals surface area contributed by atoms with Gasteiger partial charge < -0.3 is 14.8 Å². The van der Waals surface area contributed by atoms with Crippen LogP contribution in [-0.4, -0.2) is 18.5 Å². The third-order valence-electron chi connectivity index (χ3n) is 3.53. The van der Waals surface area contributed by atoms with Gasteiger partial charge in [0.15, 0.2) is 11.5 Å². The van der Waals surface area contributed by atoms with E-state index in [0.717, 1.165) is 15.6 Å². The van der Waals surface area contributed by atoms with E-state index in [1.807, 2.05) is 42.5 Å². The van der Waals surface area contributed by atoms with Gasteiger partial charge in [-0.3, -0.25) is 4.79 Å². The molecule has 0 bridgehead atoms. The number of hydrogen-bond donors (Lipinski definition) is 1. The van der Waals surface area contributed by atoms with Gasteiger partial charge in [0.25, 0.3) is 5.91 Å². The number of hydrogen-bond acceptors (Lipinski definition) is 4. The predicted molar refractivity (Wildman–Crippen MR) is 89.4 cm³/mol. The maximum atomic E-state index is 12.1. The van der Waals surface area contributed by atoms with Gasteiger partial charge in [0, 0.05) is 10.0 Å². The van der Waals surface area contributed by atoms with Crippen LogP contribution < -0.4 is 14.8 Å². The molecule has 0 spiro atoms. The molecule has 0 saturated carbocycles. The van der Waals surface area contributed by atoms with Crippen LogP contribution in [0.4, 0.5) is 0 Å². The van der Waals surface area contributed by atoms with Crippen LogP contribution in [0, 0.1) is 0 Å². The van der Waals surface area contributed by atoms with Gasteiger partial charge in [0.05, 0.1) is 0 Å². The van der Waals surface area contributed by atoms with E-state index in [-0.39, 0.29) is 12.7 Å². The third-order valence-corrected chi connectivity index (χ3v) is 4.21. The SMILES string of the molecule is O=C1NC(c2ccccc2)=NC1=Cc1cc2c(cc1Br)OCO2. The minimum absolute atomic E-state index is 0.207. The monoisotopic (exact) mass is 370 g/mol. The van der Waals surface area contributed by atoms with E-state index in [0.29, 0.717) is 23.0 Å². The van der Waals surface area contributed by atoms with Gasteiger partial charge in [0.1, 0.15) is 11.5 Å².